The predicted octanol–water partition coefficient (Wildman–Crippen LogP) is 3.82. The highest BCUT2D eigenvalue weighted by Crippen LogP contribution is 2.35. The molecule has 0 saturated carbocycles. The van der Waals surface area contributed by atoms with E-state index < -0.39 is 0 Å². The standard InChI is InChI=1S/C16H14ClNO2/c17-12-10-16(19)18(11-12)14-8-4-5-9-15(14)20-13-6-2-1-3-7-13/h1-9,12H,10-11H2. The highest BCUT2D eigenvalue weighted by Gasteiger charge is 2.30. The van der Waals surface area contributed by atoms with Crippen LogP contribution in [0, 0.1) is 0 Å². The summed E-state index contributed by atoms with van der Waals surface area (Å²) in [5.41, 5.74) is 0.768. The minimum Gasteiger partial charge on any atom is -0.455 e. The van der Waals surface area contributed by atoms with Crippen LogP contribution in [-0.4, -0.2) is 17.8 Å². The quantitative estimate of drug-likeness (QED) is 0.803. The molecule has 20 heavy (non-hydrogen) atoms. The van der Waals surface area contributed by atoms with Gasteiger partial charge in [0.2, 0.25) is 5.91 Å². The first-order chi connectivity index (χ1) is 9.74. The summed E-state index contributed by atoms with van der Waals surface area (Å²) >= 11 is 6.06. The lowest BCUT2D eigenvalue weighted by Gasteiger charge is -2.19. The van der Waals surface area contributed by atoms with Crippen LogP contribution in [0.15, 0.2) is 54.6 Å². The summed E-state index contributed by atoms with van der Waals surface area (Å²) in [5, 5.41) is -0.132. The summed E-state index contributed by atoms with van der Waals surface area (Å²) in [7, 11) is 0. The molecule has 4 heteroatoms. The number of ether oxygens (including phenoxy) is 1. The van der Waals surface area contributed by atoms with E-state index in [4.69, 9.17) is 16.3 Å². The summed E-state index contributed by atoms with van der Waals surface area (Å²) in [6.45, 7) is 0.523. The zero-order chi connectivity index (χ0) is 13.9. The molecular weight excluding hydrogens is 274 g/mol. The lowest BCUT2D eigenvalue weighted by molar-refractivity contribution is -0.117. The van der Waals surface area contributed by atoms with Crippen LogP contribution in [0.5, 0.6) is 11.5 Å². The van der Waals surface area contributed by atoms with Gasteiger partial charge in [0.05, 0.1) is 11.1 Å². The van der Waals surface area contributed by atoms with Crippen molar-refractivity contribution in [2.45, 2.75) is 11.8 Å². The molecule has 3 nitrogen and oxygen atoms in total. The van der Waals surface area contributed by atoms with Gasteiger partial charge in [0.25, 0.3) is 0 Å². The molecule has 1 heterocycles. The molecule has 0 aliphatic carbocycles. The molecule has 0 spiro atoms. The van der Waals surface area contributed by atoms with Crippen molar-refractivity contribution in [3.05, 3.63) is 54.6 Å². The second-order valence-corrected chi connectivity index (χ2v) is 5.31. The van der Waals surface area contributed by atoms with Gasteiger partial charge in [0.1, 0.15) is 5.75 Å². The molecule has 102 valence electrons. The maximum absolute atomic E-state index is 12.0. The van der Waals surface area contributed by atoms with E-state index in [2.05, 4.69) is 0 Å². The largest absolute Gasteiger partial charge is 0.455 e. The van der Waals surface area contributed by atoms with Gasteiger partial charge in [-0.2, -0.15) is 0 Å². The van der Waals surface area contributed by atoms with Gasteiger partial charge in [-0.15, -0.1) is 11.6 Å². The summed E-state index contributed by atoms with van der Waals surface area (Å²) in [6.07, 6.45) is 0.376. The summed E-state index contributed by atoms with van der Waals surface area (Å²) in [6, 6.07) is 17.0. The van der Waals surface area contributed by atoms with Crippen molar-refractivity contribution in [1.82, 2.24) is 0 Å². The second kappa shape index (κ2) is 5.55. The second-order valence-electron chi connectivity index (χ2n) is 4.69. The highest BCUT2D eigenvalue weighted by molar-refractivity contribution is 6.24. The van der Waals surface area contributed by atoms with E-state index in [9.17, 15) is 4.79 Å². The Labute approximate surface area is 122 Å². The maximum atomic E-state index is 12.0. The number of carbonyl (C=O) groups is 1. The molecular formula is C16H14ClNO2. The fourth-order valence-electron chi connectivity index (χ4n) is 2.28. The van der Waals surface area contributed by atoms with Gasteiger partial charge in [-0.25, -0.2) is 0 Å². The zero-order valence-electron chi connectivity index (χ0n) is 10.8. The van der Waals surface area contributed by atoms with Crippen molar-refractivity contribution in [2.75, 3.05) is 11.4 Å². The predicted molar refractivity (Wildman–Crippen MR) is 79.6 cm³/mol. The SMILES string of the molecule is O=C1CC(Cl)CN1c1ccccc1Oc1ccccc1. The van der Waals surface area contributed by atoms with Crippen molar-refractivity contribution in [1.29, 1.82) is 0 Å². The van der Waals surface area contributed by atoms with E-state index in [-0.39, 0.29) is 11.3 Å². The van der Waals surface area contributed by atoms with Crippen molar-refractivity contribution in [3.63, 3.8) is 0 Å². The average Bonchev–Trinajstić information content (AvgIpc) is 2.79. The van der Waals surface area contributed by atoms with Crippen LogP contribution < -0.4 is 9.64 Å². The Hall–Kier alpha value is -2.00. The molecule has 1 atom stereocenters. The van der Waals surface area contributed by atoms with Gasteiger partial charge in [-0.05, 0) is 24.3 Å². The third-order valence-corrected chi connectivity index (χ3v) is 3.50. The van der Waals surface area contributed by atoms with Crippen LogP contribution in [0.4, 0.5) is 5.69 Å². The molecule has 1 aliphatic rings. The fourth-order valence-corrected chi connectivity index (χ4v) is 2.55. The van der Waals surface area contributed by atoms with E-state index in [1.807, 2.05) is 54.6 Å². The van der Waals surface area contributed by atoms with Gasteiger partial charge < -0.3 is 9.64 Å². The fraction of sp³-hybridized carbons (Fsp3) is 0.188. The van der Waals surface area contributed by atoms with Crippen molar-refractivity contribution < 1.29 is 9.53 Å². The third-order valence-electron chi connectivity index (χ3n) is 3.20. The Morgan fingerprint density at radius 1 is 1.05 bits per heavy atom. The first-order valence-electron chi connectivity index (χ1n) is 6.50. The number of alkyl halides is 1. The van der Waals surface area contributed by atoms with Crippen molar-refractivity contribution in [3.8, 4) is 11.5 Å². The molecule has 1 saturated heterocycles. The zero-order valence-corrected chi connectivity index (χ0v) is 11.6. The Bertz CT molecular complexity index is 615. The van der Waals surface area contributed by atoms with Gasteiger partial charge in [-0.1, -0.05) is 30.3 Å². The molecule has 1 aliphatic heterocycles. The van der Waals surface area contributed by atoms with Crippen LogP contribution >= 0.6 is 11.6 Å². The molecule has 2 aromatic rings. The number of para-hydroxylation sites is 3. The number of rotatable bonds is 3. The first kappa shape index (κ1) is 13.0. The molecule has 1 amide bonds. The average molecular weight is 288 g/mol. The maximum Gasteiger partial charge on any atom is 0.228 e. The Kier molecular flexibility index (Phi) is 3.61. The van der Waals surface area contributed by atoms with Gasteiger partial charge in [0, 0.05) is 13.0 Å². The van der Waals surface area contributed by atoms with Crippen LogP contribution in [0.3, 0.4) is 0 Å². The minimum atomic E-state index is -0.132. The van der Waals surface area contributed by atoms with Crippen LogP contribution in [-0.2, 0) is 4.79 Å². The molecule has 2 aromatic carbocycles. The molecule has 0 bridgehead atoms. The number of carbonyl (C=O) groups excluding carboxylic acids is 1. The van der Waals surface area contributed by atoms with Crippen LogP contribution in [0.2, 0.25) is 0 Å². The van der Waals surface area contributed by atoms with Crippen molar-refractivity contribution >= 4 is 23.2 Å². The molecule has 0 radical (unpaired) electrons. The smallest absolute Gasteiger partial charge is 0.228 e. The van der Waals surface area contributed by atoms with E-state index >= 15 is 0 Å². The topological polar surface area (TPSA) is 29.5 Å². The van der Waals surface area contributed by atoms with Crippen molar-refractivity contribution in [2.24, 2.45) is 0 Å². The lowest BCUT2D eigenvalue weighted by Crippen LogP contribution is -2.24. The number of hydrogen-bond donors (Lipinski definition) is 0. The Morgan fingerprint density at radius 2 is 1.75 bits per heavy atom. The first-order valence-corrected chi connectivity index (χ1v) is 6.94. The molecule has 1 unspecified atom stereocenters. The highest BCUT2D eigenvalue weighted by atomic mass is 35.5. The molecule has 0 aromatic heterocycles. The van der Waals surface area contributed by atoms with Gasteiger partial charge in [-0.3, -0.25) is 4.79 Å². The summed E-state index contributed by atoms with van der Waals surface area (Å²) in [4.78, 5) is 13.7. The normalized spacial score (nSPS) is 18.4. The Balaban J connectivity index is 1.91. The Morgan fingerprint density at radius 3 is 2.45 bits per heavy atom. The number of halogens is 1. The van der Waals surface area contributed by atoms with Gasteiger partial charge in [0.15, 0.2) is 5.75 Å². The third kappa shape index (κ3) is 2.63. The number of anilines is 1. The summed E-state index contributed by atoms with van der Waals surface area (Å²) < 4.78 is 5.87. The van der Waals surface area contributed by atoms with Crippen LogP contribution in [0.1, 0.15) is 6.42 Å². The van der Waals surface area contributed by atoms with Crippen LogP contribution in [0.25, 0.3) is 0 Å². The molecule has 1 fully saturated rings. The van der Waals surface area contributed by atoms with E-state index in [0.717, 1.165) is 11.4 Å². The summed E-state index contributed by atoms with van der Waals surface area (Å²) in [5.74, 6) is 1.45. The number of benzene rings is 2. The van der Waals surface area contributed by atoms with E-state index in [0.29, 0.717) is 18.7 Å². The monoisotopic (exact) mass is 287 g/mol. The number of nitrogens with zero attached hydrogens (tertiary/aromatic N) is 1. The lowest BCUT2D eigenvalue weighted by atomic mass is 10.2. The van der Waals surface area contributed by atoms with E-state index in [1.165, 1.54) is 0 Å². The molecule has 3 rings (SSSR count). The number of amides is 1. The molecule has 0 N–H and O–H groups in total. The minimum absolute atomic E-state index is 0.0362. The van der Waals surface area contributed by atoms with Gasteiger partial charge >= 0.3 is 0 Å². The van der Waals surface area contributed by atoms with E-state index in [1.54, 1.807) is 4.90 Å². The number of hydrogen-bond acceptors (Lipinski definition) is 2.